The van der Waals surface area contributed by atoms with Gasteiger partial charge >= 0.3 is 0 Å². The summed E-state index contributed by atoms with van der Waals surface area (Å²) in [5, 5.41) is 9.86. The summed E-state index contributed by atoms with van der Waals surface area (Å²) in [4.78, 5) is 0.101. The Morgan fingerprint density at radius 1 is 1.04 bits per heavy atom. The molecule has 24 heavy (non-hydrogen) atoms. The van der Waals surface area contributed by atoms with Gasteiger partial charge in [0.05, 0.1) is 22.0 Å². The van der Waals surface area contributed by atoms with E-state index in [1.807, 2.05) is 17.7 Å². The molecular weight excluding hydrogens is 322 g/mol. The van der Waals surface area contributed by atoms with E-state index >= 15 is 0 Å². The molecule has 1 aliphatic carbocycles. The highest BCUT2D eigenvalue weighted by molar-refractivity contribution is 7.89. The van der Waals surface area contributed by atoms with Crippen molar-refractivity contribution in [3.05, 3.63) is 65.4 Å². The maximum Gasteiger partial charge on any atom is 0.238 e. The van der Waals surface area contributed by atoms with Gasteiger partial charge in [0.2, 0.25) is 10.0 Å². The van der Waals surface area contributed by atoms with E-state index in [4.69, 9.17) is 5.14 Å². The molecule has 0 saturated heterocycles. The molecule has 4 rings (SSSR count). The van der Waals surface area contributed by atoms with Crippen molar-refractivity contribution in [3.8, 4) is 16.9 Å². The van der Waals surface area contributed by atoms with Gasteiger partial charge in [0.15, 0.2) is 0 Å². The van der Waals surface area contributed by atoms with Gasteiger partial charge < -0.3 is 0 Å². The van der Waals surface area contributed by atoms with Crippen molar-refractivity contribution < 1.29 is 8.42 Å². The van der Waals surface area contributed by atoms with Crippen molar-refractivity contribution in [2.24, 2.45) is 5.14 Å². The number of nitrogens with zero attached hydrogens (tertiary/aromatic N) is 2. The molecule has 0 aliphatic heterocycles. The summed E-state index contributed by atoms with van der Waals surface area (Å²) in [6.45, 7) is 2.02. The van der Waals surface area contributed by atoms with Crippen LogP contribution >= 0.6 is 0 Å². The van der Waals surface area contributed by atoms with E-state index in [0.717, 1.165) is 29.9 Å². The molecule has 3 aromatic rings. The number of hydrogen-bond donors (Lipinski definition) is 1. The molecule has 0 spiro atoms. The lowest BCUT2D eigenvalue weighted by Crippen LogP contribution is -2.12. The van der Waals surface area contributed by atoms with E-state index in [2.05, 4.69) is 23.3 Å². The Bertz CT molecular complexity index is 1030. The van der Waals surface area contributed by atoms with Crippen molar-refractivity contribution in [3.63, 3.8) is 0 Å². The summed E-state index contributed by atoms with van der Waals surface area (Å²) in [5.41, 5.74) is 6.68. The molecule has 0 saturated carbocycles. The first-order valence-corrected chi connectivity index (χ1v) is 9.30. The highest BCUT2D eigenvalue weighted by Gasteiger charge is 2.24. The maximum absolute atomic E-state index is 11.4. The quantitative estimate of drug-likeness (QED) is 0.779. The van der Waals surface area contributed by atoms with Crippen LogP contribution in [-0.4, -0.2) is 18.2 Å². The lowest BCUT2D eigenvalue weighted by molar-refractivity contribution is 0.598. The normalized spacial score (nSPS) is 13.4. The van der Waals surface area contributed by atoms with Crippen LogP contribution in [0.3, 0.4) is 0 Å². The average Bonchev–Trinajstić information content (AvgIpc) is 2.92. The molecular formula is C18H17N3O2S. The molecule has 1 aromatic heterocycles. The summed E-state index contributed by atoms with van der Waals surface area (Å²) in [6, 6.07) is 14.9. The average molecular weight is 339 g/mol. The van der Waals surface area contributed by atoms with Gasteiger partial charge in [-0.25, -0.2) is 18.2 Å². The monoisotopic (exact) mass is 339 g/mol. The van der Waals surface area contributed by atoms with Crippen molar-refractivity contribution in [2.45, 2.75) is 24.7 Å². The van der Waals surface area contributed by atoms with Gasteiger partial charge in [0.25, 0.3) is 0 Å². The van der Waals surface area contributed by atoms with Crippen LogP contribution in [0.5, 0.6) is 0 Å². The molecule has 0 radical (unpaired) electrons. The zero-order chi connectivity index (χ0) is 16.9. The lowest BCUT2D eigenvalue weighted by Gasteiger charge is -2.18. The molecule has 0 atom stereocenters. The molecule has 0 fully saturated rings. The number of aromatic nitrogens is 2. The topological polar surface area (TPSA) is 78.0 Å². The van der Waals surface area contributed by atoms with Gasteiger partial charge in [-0.15, -0.1) is 0 Å². The molecule has 2 N–H and O–H groups in total. The summed E-state index contributed by atoms with van der Waals surface area (Å²) in [6.07, 6.45) is 1.98. The van der Waals surface area contributed by atoms with Gasteiger partial charge in [-0.3, -0.25) is 0 Å². The van der Waals surface area contributed by atoms with Crippen LogP contribution in [0.25, 0.3) is 16.9 Å². The van der Waals surface area contributed by atoms with Crippen LogP contribution in [0.1, 0.15) is 16.8 Å². The van der Waals surface area contributed by atoms with Crippen LogP contribution in [0.15, 0.2) is 53.4 Å². The standard InChI is InChI=1S/C18H17N3O2S/c1-12-16-11-6-13-4-2-3-5-17(13)18(16)21(20-12)14-7-9-15(10-8-14)24(19,22)23/h2-5,7-10H,6,11H2,1H3,(H2,19,22,23). The minimum Gasteiger partial charge on any atom is -0.233 e. The van der Waals surface area contributed by atoms with Gasteiger partial charge in [-0.2, -0.15) is 5.10 Å². The van der Waals surface area contributed by atoms with Crippen LogP contribution in [0, 0.1) is 6.92 Å². The second-order valence-electron chi connectivity index (χ2n) is 6.02. The molecule has 0 bridgehead atoms. The number of benzene rings is 2. The second-order valence-corrected chi connectivity index (χ2v) is 7.58. The van der Waals surface area contributed by atoms with E-state index < -0.39 is 10.0 Å². The van der Waals surface area contributed by atoms with E-state index in [0.29, 0.717) is 0 Å². The lowest BCUT2D eigenvalue weighted by atomic mass is 9.89. The van der Waals surface area contributed by atoms with Crippen LogP contribution < -0.4 is 5.14 Å². The zero-order valence-electron chi connectivity index (χ0n) is 13.2. The fraction of sp³-hybridized carbons (Fsp3) is 0.167. The van der Waals surface area contributed by atoms with E-state index in [-0.39, 0.29) is 4.90 Å². The molecule has 1 aliphatic rings. The fourth-order valence-corrected chi connectivity index (χ4v) is 3.84. The predicted octanol–water partition coefficient (Wildman–Crippen LogP) is 2.59. The van der Waals surface area contributed by atoms with E-state index in [9.17, 15) is 8.42 Å². The van der Waals surface area contributed by atoms with Crippen LogP contribution in [-0.2, 0) is 22.9 Å². The Hall–Kier alpha value is -2.44. The highest BCUT2D eigenvalue weighted by atomic mass is 32.2. The molecule has 2 aromatic carbocycles. The molecule has 1 heterocycles. The largest absolute Gasteiger partial charge is 0.238 e. The summed E-state index contributed by atoms with van der Waals surface area (Å²) < 4.78 is 24.8. The van der Waals surface area contributed by atoms with Gasteiger partial charge in [-0.1, -0.05) is 24.3 Å². The summed E-state index contributed by atoms with van der Waals surface area (Å²) >= 11 is 0. The predicted molar refractivity (Wildman–Crippen MR) is 92.5 cm³/mol. The minimum atomic E-state index is -3.69. The van der Waals surface area contributed by atoms with Crippen molar-refractivity contribution in [1.82, 2.24) is 9.78 Å². The Morgan fingerprint density at radius 3 is 2.46 bits per heavy atom. The third-order valence-corrected chi connectivity index (χ3v) is 5.44. The number of aryl methyl sites for hydroxylation is 2. The first-order chi connectivity index (χ1) is 11.4. The van der Waals surface area contributed by atoms with Crippen molar-refractivity contribution in [1.29, 1.82) is 0 Å². The molecule has 122 valence electrons. The van der Waals surface area contributed by atoms with Gasteiger partial charge in [0.1, 0.15) is 0 Å². The number of primary sulfonamides is 1. The van der Waals surface area contributed by atoms with Gasteiger partial charge in [0, 0.05) is 11.1 Å². The third-order valence-electron chi connectivity index (χ3n) is 4.51. The second kappa shape index (κ2) is 5.29. The maximum atomic E-state index is 11.4. The molecule has 6 heteroatoms. The Balaban J connectivity index is 1.90. The van der Waals surface area contributed by atoms with Crippen LogP contribution in [0.2, 0.25) is 0 Å². The Morgan fingerprint density at radius 2 is 1.75 bits per heavy atom. The third kappa shape index (κ3) is 2.35. The van der Waals surface area contributed by atoms with Crippen LogP contribution in [0.4, 0.5) is 0 Å². The Labute approximate surface area is 140 Å². The van der Waals surface area contributed by atoms with E-state index in [1.54, 1.807) is 12.1 Å². The fourth-order valence-electron chi connectivity index (χ4n) is 3.33. The van der Waals surface area contributed by atoms with Gasteiger partial charge in [-0.05, 0) is 49.6 Å². The number of nitrogens with two attached hydrogens (primary N) is 1. The highest BCUT2D eigenvalue weighted by Crippen LogP contribution is 2.36. The smallest absolute Gasteiger partial charge is 0.233 e. The van der Waals surface area contributed by atoms with E-state index in [1.165, 1.54) is 28.8 Å². The van der Waals surface area contributed by atoms with Crippen molar-refractivity contribution >= 4 is 10.0 Å². The van der Waals surface area contributed by atoms with Crippen molar-refractivity contribution in [2.75, 3.05) is 0 Å². The number of hydrogen-bond acceptors (Lipinski definition) is 3. The SMILES string of the molecule is Cc1nn(-c2ccc(S(N)(=O)=O)cc2)c2c1CCc1ccccc1-2. The molecule has 0 amide bonds. The summed E-state index contributed by atoms with van der Waals surface area (Å²) in [7, 11) is -3.69. The minimum absolute atomic E-state index is 0.101. The first-order valence-electron chi connectivity index (χ1n) is 7.75. The molecule has 5 nitrogen and oxygen atoms in total. The number of fused-ring (bicyclic) bond motifs is 3. The zero-order valence-corrected chi connectivity index (χ0v) is 14.0. The number of sulfonamides is 1. The molecule has 0 unspecified atom stereocenters. The Kier molecular flexibility index (Phi) is 3.33. The first kappa shape index (κ1) is 15.1. The number of rotatable bonds is 2. The summed E-state index contributed by atoms with van der Waals surface area (Å²) in [5.74, 6) is 0.